The van der Waals surface area contributed by atoms with E-state index in [1.165, 1.54) is 51.4 Å². The third kappa shape index (κ3) is 1.93. The van der Waals surface area contributed by atoms with Crippen LogP contribution in [0, 0.1) is 40.4 Å². The number of hydrogen-bond acceptors (Lipinski definition) is 1. The lowest BCUT2D eigenvalue weighted by Gasteiger charge is -2.60. The summed E-state index contributed by atoms with van der Waals surface area (Å²) in [5.74, 6) is 5.14. The van der Waals surface area contributed by atoms with Crippen molar-refractivity contribution in [3.8, 4) is 0 Å². The molecule has 22 heavy (non-hydrogen) atoms. The first-order chi connectivity index (χ1) is 10.5. The molecule has 3 unspecified atom stereocenters. The summed E-state index contributed by atoms with van der Waals surface area (Å²) in [5.41, 5.74) is 1.13. The van der Waals surface area contributed by atoms with E-state index in [1.54, 1.807) is 0 Å². The molecule has 0 heterocycles. The van der Waals surface area contributed by atoms with Gasteiger partial charge in [0, 0.05) is 12.8 Å². The lowest BCUT2D eigenvalue weighted by molar-refractivity contribution is -0.139. The standard InChI is InChI=1S/C21H34O/c1-4-14-6-8-18-17-7-5-15-13-16(22)9-11-21(15,3)19(17)10-12-20(14,18)2/h14-15,17-19H,4-13H2,1-3H3/t14-,15-,17?,18?,19?,20+,21-/m0/s1. The fourth-order valence-corrected chi connectivity index (χ4v) is 7.82. The Labute approximate surface area is 136 Å². The maximum atomic E-state index is 11.9. The van der Waals surface area contributed by atoms with E-state index >= 15 is 0 Å². The lowest BCUT2D eigenvalue weighted by atomic mass is 9.45. The third-order valence-electron chi connectivity index (χ3n) is 9.17. The number of hydrogen-bond donors (Lipinski definition) is 0. The third-order valence-corrected chi connectivity index (χ3v) is 9.17. The molecule has 124 valence electrons. The molecule has 4 fully saturated rings. The van der Waals surface area contributed by atoms with Gasteiger partial charge in [0.05, 0.1) is 0 Å². The number of fused-ring (bicyclic) bond motifs is 5. The van der Waals surface area contributed by atoms with Crippen LogP contribution < -0.4 is 0 Å². The second-order valence-electron chi connectivity index (χ2n) is 9.63. The van der Waals surface area contributed by atoms with E-state index in [0.29, 0.717) is 22.5 Å². The molecule has 4 aliphatic rings. The van der Waals surface area contributed by atoms with E-state index in [-0.39, 0.29) is 0 Å². The molecule has 4 saturated carbocycles. The van der Waals surface area contributed by atoms with Crippen molar-refractivity contribution in [2.75, 3.05) is 0 Å². The van der Waals surface area contributed by atoms with Crippen LogP contribution in [0.25, 0.3) is 0 Å². The second kappa shape index (κ2) is 5.08. The van der Waals surface area contributed by atoms with Gasteiger partial charge in [-0.3, -0.25) is 4.79 Å². The Balaban J connectivity index is 1.62. The molecule has 0 aromatic heterocycles. The van der Waals surface area contributed by atoms with Crippen molar-refractivity contribution in [3.63, 3.8) is 0 Å². The zero-order valence-electron chi connectivity index (χ0n) is 14.9. The first kappa shape index (κ1) is 15.2. The van der Waals surface area contributed by atoms with Gasteiger partial charge in [0.2, 0.25) is 0 Å². The Kier molecular flexibility index (Phi) is 3.51. The molecule has 0 bridgehead atoms. The van der Waals surface area contributed by atoms with Gasteiger partial charge in [-0.1, -0.05) is 27.2 Å². The van der Waals surface area contributed by atoms with Crippen LogP contribution >= 0.6 is 0 Å². The number of carbonyl (C=O) groups is 1. The predicted octanol–water partition coefficient (Wildman–Crippen LogP) is 5.62. The minimum Gasteiger partial charge on any atom is -0.300 e. The van der Waals surface area contributed by atoms with Crippen molar-refractivity contribution >= 4 is 5.78 Å². The molecule has 4 aliphatic carbocycles. The van der Waals surface area contributed by atoms with E-state index < -0.39 is 0 Å². The summed E-state index contributed by atoms with van der Waals surface area (Å²) in [5, 5.41) is 0. The van der Waals surface area contributed by atoms with Crippen LogP contribution in [-0.2, 0) is 4.79 Å². The second-order valence-corrected chi connectivity index (χ2v) is 9.63. The Morgan fingerprint density at radius 2 is 1.73 bits per heavy atom. The van der Waals surface area contributed by atoms with Crippen molar-refractivity contribution in [1.29, 1.82) is 0 Å². The van der Waals surface area contributed by atoms with E-state index in [1.807, 2.05) is 0 Å². The van der Waals surface area contributed by atoms with E-state index in [9.17, 15) is 4.79 Å². The van der Waals surface area contributed by atoms with Crippen LogP contribution in [0.15, 0.2) is 0 Å². The summed E-state index contributed by atoms with van der Waals surface area (Å²) in [6.07, 6.45) is 13.0. The van der Waals surface area contributed by atoms with Crippen LogP contribution in [0.2, 0.25) is 0 Å². The molecule has 0 aromatic carbocycles. The average Bonchev–Trinajstić information content (AvgIpc) is 2.84. The molecule has 0 radical (unpaired) electrons. The molecule has 0 aliphatic heterocycles. The number of Topliss-reactive ketones (excluding diaryl/α,β-unsaturated/α-hetero) is 1. The Morgan fingerprint density at radius 1 is 0.955 bits per heavy atom. The van der Waals surface area contributed by atoms with Gasteiger partial charge < -0.3 is 0 Å². The first-order valence-corrected chi connectivity index (χ1v) is 10.0. The number of rotatable bonds is 1. The zero-order chi connectivity index (χ0) is 15.5. The summed E-state index contributed by atoms with van der Waals surface area (Å²) in [7, 11) is 0. The molecular weight excluding hydrogens is 268 g/mol. The normalized spacial score (nSPS) is 54.5. The number of ketones is 1. The summed E-state index contributed by atoms with van der Waals surface area (Å²) < 4.78 is 0. The maximum absolute atomic E-state index is 11.9. The Bertz CT molecular complexity index is 469. The smallest absolute Gasteiger partial charge is 0.133 e. The highest BCUT2D eigenvalue weighted by Crippen LogP contribution is 2.67. The van der Waals surface area contributed by atoms with Gasteiger partial charge in [0.1, 0.15) is 5.78 Å². The summed E-state index contributed by atoms with van der Waals surface area (Å²) >= 11 is 0. The topological polar surface area (TPSA) is 17.1 Å². The molecule has 1 nitrogen and oxygen atoms in total. The van der Waals surface area contributed by atoms with Gasteiger partial charge in [-0.05, 0) is 85.4 Å². The molecule has 7 atom stereocenters. The Morgan fingerprint density at radius 3 is 2.50 bits per heavy atom. The highest BCUT2D eigenvalue weighted by atomic mass is 16.1. The van der Waals surface area contributed by atoms with Crippen LogP contribution in [-0.4, -0.2) is 5.78 Å². The molecule has 1 heteroatoms. The van der Waals surface area contributed by atoms with Crippen LogP contribution in [0.3, 0.4) is 0 Å². The van der Waals surface area contributed by atoms with Gasteiger partial charge in [0.25, 0.3) is 0 Å². The van der Waals surface area contributed by atoms with Crippen molar-refractivity contribution < 1.29 is 4.79 Å². The molecule has 0 saturated heterocycles. The van der Waals surface area contributed by atoms with E-state index in [2.05, 4.69) is 20.8 Å². The zero-order valence-corrected chi connectivity index (χ0v) is 14.9. The summed E-state index contributed by atoms with van der Waals surface area (Å²) in [6.45, 7) is 7.61. The molecule has 4 rings (SSSR count). The largest absolute Gasteiger partial charge is 0.300 e. The molecule has 0 N–H and O–H groups in total. The molecular formula is C21H34O. The monoisotopic (exact) mass is 302 g/mol. The molecule has 0 aromatic rings. The molecule has 0 amide bonds. The Hall–Kier alpha value is -0.330. The fourth-order valence-electron chi connectivity index (χ4n) is 7.82. The van der Waals surface area contributed by atoms with Crippen LogP contribution in [0.4, 0.5) is 0 Å². The predicted molar refractivity (Wildman–Crippen MR) is 90.5 cm³/mol. The van der Waals surface area contributed by atoms with Crippen LogP contribution in [0.1, 0.15) is 85.0 Å². The SMILES string of the molecule is CC[C@H]1CCC2C3CC[C@H]4CC(=O)CC[C@]4(C)C3CC[C@@]21C. The van der Waals surface area contributed by atoms with Crippen LogP contribution in [0.5, 0.6) is 0 Å². The fraction of sp³-hybridized carbons (Fsp3) is 0.952. The van der Waals surface area contributed by atoms with Gasteiger partial charge >= 0.3 is 0 Å². The minimum absolute atomic E-state index is 0.489. The van der Waals surface area contributed by atoms with Crippen molar-refractivity contribution in [1.82, 2.24) is 0 Å². The minimum atomic E-state index is 0.489. The molecule has 0 spiro atoms. The first-order valence-electron chi connectivity index (χ1n) is 10.0. The quantitative estimate of drug-likeness (QED) is 0.614. The van der Waals surface area contributed by atoms with Gasteiger partial charge in [0.15, 0.2) is 0 Å². The van der Waals surface area contributed by atoms with Gasteiger partial charge in [-0.25, -0.2) is 0 Å². The highest BCUT2D eigenvalue weighted by Gasteiger charge is 2.59. The lowest BCUT2D eigenvalue weighted by Crippen LogP contribution is -2.53. The average molecular weight is 303 g/mol. The van der Waals surface area contributed by atoms with Crippen molar-refractivity contribution in [2.45, 2.75) is 85.0 Å². The maximum Gasteiger partial charge on any atom is 0.133 e. The van der Waals surface area contributed by atoms with Gasteiger partial charge in [-0.15, -0.1) is 0 Å². The highest BCUT2D eigenvalue weighted by molar-refractivity contribution is 5.79. The van der Waals surface area contributed by atoms with Crippen molar-refractivity contribution in [2.24, 2.45) is 40.4 Å². The summed E-state index contributed by atoms with van der Waals surface area (Å²) in [4.78, 5) is 11.9. The number of carbonyl (C=O) groups excluding carboxylic acids is 1. The summed E-state index contributed by atoms with van der Waals surface area (Å²) in [6, 6.07) is 0. The van der Waals surface area contributed by atoms with E-state index in [4.69, 9.17) is 0 Å². The van der Waals surface area contributed by atoms with Gasteiger partial charge in [-0.2, -0.15) is 0 Å². The van der Waals surface area contributed by atoms with E-state index in [0.717, 1.165) is 36.5 Å². The van der Waals surface area contributed by atoms with Crippen molar-refractivity contribution in [3.05, 3.63) is 0 Å².